The molecule has 14 rings (SSSR count). The van der Waals surface area contributed by atoms with Crippen molar-refractivity contribution >= 4 is 38.7 Å². The van der Waals surface area contributed by atoms with Crippen molar-refractivity contribution in [1.82, 2.24) is 4.57 Å². The van der Waals surface area contributed by atoms with Crippen LogP contribution in [0.5, 0.6) is 0 Å². The highest BCUT2D eigenvalue weighted by molar-refractivity contribution is 6.20. The minimum absolute atomic E-state index is 0.108. The van der Waals surface area contributed by atoms with Gasteiger partial charge >= 0.3 is 0 Å². The Hall–Kier alpha value is -9.76. The Morgan fingerprint density at radius 3 is 1.36 bits per heavy atom. The highest BCUT2D eigenvalue weighted by atomic mass is 15.1. The molecule has 0 atom stereocenters. The molecule has 0 N–H and O–H groups in total. The molecular weight excluding hydrogens is 941 g/mol. The smallest absolute Gasteiger partial charge is 0.0620 e. The third kappa shape index (κ3) is 8.04. The monoisotopic (exact) mass is 996 g/mol. The van der Waals surface area contributed by atoms with E-state index in [1.54, 1.807) is 0 Å². The number of para-hydroxylation sites is 1. The van der Waals surface area contributed by atoms with E-state index in [1.807, 2.05) is 0 Å². The maximum absolute atomic E-state index is 2.50. The van der Waals surface area contributed by atoms with Gasteiger partial charge in [0.15, 0.2) is 0 Å². The van der Waals surface area contributed by atoms with E-state index >= 15 is 0 Å². The Morgan fingerprint density at radius 1 is 0.321 bits per heavy atom. The van der Waals surface area contributed by atoms with Gasteiger partial charge in [0.25, 0.3) is 0 Å². The van der Waals surface area contributed by atoms with Gasteiger partial charge in [-0.25, -0.2) is 0 Å². The molecule has 0 amide bonds. The zero-order valence-electron chi connectivity index (χ0n) is 43.8. The van der Waals surface area contributed by atoms with Crippen LogP contribution in [0.25, 0.3) is 83.1 Å². The van der Waals surface area contributed by atoms with Crippen LogP contribution in [0, 0.1) is 0 Å². The van der Waals surface area contributed by atoms with Crippen LogP contribution in [0.4, 0.5) is 17.1 Å². The zero-order valence-corrected chi connectivity index (χ0v) is 43.8. The minimum Gasteiger partial charge on any atom is -0.310 e. The molecule has 1 aliphatic carbocycles. The van der Waals surface area contributed by atoms with Gasteiger partial charge in [0.1, 0.15) is 0 Å². The SMILES string of the molecule is CC1(C)c2cc(-c3cc4c(-c5ccccc5)c(-c5ccccc5)n(-c5ccccc5)c4c4ccccc34)ccc2-c2ccc(N(c3ccc(-c4ccccc4)cc3)c3ccc(C(c4ccccc4)c4ccccc4)cc3)cc21. The molecule has 78 heavy (non-hydrogen) atoms. The molecule has 1 heterocycles. The molecule has 0 unspecified atom stereocenters. The summed E-state index contributed by atoms with van der Waals surface area (Å²) in [5, 5.41) is 3.68. The Kier molecular flexibility index (Phi) is 11.6. The van der Waals surface area contributed by atoms with Crippen LogP contribution in [0.1, 0.15) is 47.6 Å². The van der Waals surface area contributed by atoms with E-state index in [9.17, 15) is 0 Å². The lowest BCUT2D eigenvalue weighted by Crippen LogP contribution is -2.16. The van der Waals surface area contributed by atoms with Crippen molar-refractivity contribution < 1.29 is 0 Å². The van der Waals surface area contributed by atoms with E-state index in [2.05, 4.69) is 321 Å². The van der Waals surface area contributed by atoms with Crippen LogP contribution in [0.2, 0.25) is 0 Å². The molecule has 0 spiro atoms. The van der Waals surface area contributed by atoms with Gasteiger partial charge in [-0.05, 0) is 138 Å². The number of rotatable bonds is 11. The van der Waals surface area contributed by atoms with Crippen LogP contribution in [-0.2, 0) is 5.41 Å². The van der Waals surface area contributed by atoms with Crippen LogP contribution in [-0.4, -0.2) is 4.57 Å². The molecule has 0 radical (unpaired) electrons. The van der Waals surface area contributed by atoms with E-state index in [4.69, 9.17) is 0 Å². The van der Waals surface area contributed by atoms with Gasteiger partial charge in [0.2, 0.25) is 0 Å². The van der Waals surface area contributed by atoms with Crippen molar-refractivity contribution in [2.45, 2.75) is 25.2 Å². The van der Waals surface area contributed by atoms with Gasteiger partial charge in [-0.1, -0.05) is 250 Å². The molecule has 0 saturated carbocycles. The lowest BCUT2D eigenvalue weighted by Gasteiger charge is -2.29. The number of fused-ring (bicyclic) bond motifs is 6. The first-order valence-corrected chi connectivity index (χ1v) is 27.2. The second kappa shape index (κ2) is 19.4. The molecule has 0 saturated heterocycles. The number of benzene rings is 12. The highest BCUT2D eigenvalue weighted by Gasteiger charge is 2.37. The summed E-state index contributed by atoms with van der Waals surface area (Å²) in [6.07, 6.45) is 0. The molecule has 0 bridgehead atoms. The summed E-state index contributed by atoms with van der Waals surface area (Å²) in [5.74, 6) is 0.108. The normalized spacial score (nSPS) is 12.4. The second-order valence-corrected chi connectivity index (χ2v) is 21.2. The van der Waals surface area contributed by atoms with Crippen molar-refractivity contribution in [3.05, 3.63) is 325 Å². The summed E-state index contributed by atoms with van der Waals surface area (Å²) >= 11 is 0. The topological polar surface area (TPSA) is 8.17 Å². The Labute approximate surface area is 457 Å². The van der Waals surface area contributed by atoms with Gasteiger partial charge < -0.3 is 9.47 Å². The maximum Gasteiger partial charge on any atom is 0.0620 e. The van der Waals surface area contributed by atoms with Gasteiger partial charge in [-0.2, -0.15) is 0 Å². The predicted molar refractivity (Wildman–Crippen MR) is 329 cm³/mol. The summed E-state index contributed by atoms with van der Waals surface area (Å²) < 4.78 is 2.50. The summed E-state index contributed by atoms with van der Waals surface area (Å²) in [6.45, 7) is 4.82. The molecule has 1 aliphatic rings. The third-order valence-electron chi connectivity index (χ3n) is 16.3. The maximum atomic E-state index is 2.50. The zero-order chi connectivity index (χ0) is 52.2. The minimum atomic E-state index is -0.297. The molecule has 2 heteroatoms. The summed E-state index contributed by atoms with van der Waals surface area (Å²) in [4.78, 5) is 2.43. The number of hydrogen-bond donors (Lipinski definition) is 0. The Morgan fingerprint density at radius 2 is 0.756 bits per heavy atom. The number of nitrogens with zero attached hydrogens (tertiary/aromatic N) is 2. The van der Waals surface area contributed by atoms with Crippen LogP contribution in [0.3, 0.4) is 0 Å². The van der Waals surface area contributed by atoms with Crippen molar-refractivity contribution in [3.8, 4) is 61.5 Å². The first kappa shape index (κ1) is 46.7. The van der Waals surface area contributed by atoms with Crippen LogP contribution >= 0.6 is 0 Å². The quantitative estimate of drug-likeness (QED) is 0.117. The fourth-order valence-corrected chi connectivity index (χ4v) is 12.6. The Balaban J connectivity index is 0.902. The summed E-state index contributed by atoms with van der Waals surface area (Å²) in [6, 6.07) is 109. The van der Waals surface area contributed by atoms with E-state index in [0.29, 0.717) is 0 Å². The number of anilines is 3. The van der Waals surface area contributed by atoms with E-state index < -0.39 is 0 Å². The average molecular weight is 997 g/mol. The molecule has 12 aromatic carbocycles. The van der Waals surface area contributed by atoms with Crippen molar-refractivity contribution in [2.75, 3.05) is 4.90 Å². The average Bonchev–Trinajstić information content (AvgIpc) is 3.99. The van der Waals surface area contributed by atoms with E-state index in [1.165, 1.54) is 105 Å². The summed E-state index contributed by atoms with van der Waals surface area (Å²) in [7, 11) is 0. The second-order valence-electron chi connectivity index (χ2n) is 21.2. The first-order valence-electron chi connectivity index (χ1n) is 27.2. The van der Waals surface area contributed by atoms with E-state index in [-0.39, 0.29) is 11.3 Å². The number of hydrogen-bond acceptors (Lipinski definition) is 1. The van der Waals surface area contributed by atoms with Crippen molar-refractivity contribution in [2.24, 2.45) is 0 Å². The fourth-order valence-electron chi connectivity index (χ4n) is 12.6. The molecule has 2 nitrogen and oxygen atoms in total. The van der Waals surface area contributed by atoms with Gasteiger partial charge in [0, 0.05) is 50.4 Å². The fraction of sp³-hybridized carbons (Fsp3) is 0.0526. The third-order valence-corrected chi connectivity index (χ3v) is 16.3. The highest BCUT2D eigenvalue weighted by Crippen LogP contribution is 2.53. The predicted octanol–water partition coefficient (Wildman–Crippen LogP) is 20.4. The van der Waals surface area contributed by atoms with Crippen LogP contribution < -0.4 is 4.90 Å². The van der Waals surface area contributed by atoms with E-state index in [0.717, 1.165) is 22.7 Å². The molecule has 0 aliphatic heterocycles. The molecule has 0 fully saturated rings. The lowest BCUT2D eigenvalue weighted by atomic mass is 9.81. The van der Waals surface area contributed by atoms with Gasteiger partial charge in [0.05, 0.1) is 11.2 Å². The molecular formula is C76H56N2. The first-order chi connectivity index (χ1) is 38.5. The molecule has 13 aromatic rings. The van der Waals surface area contributed by atoms with Crippen molar-refractivity contribution in [1.29, 1.82) is 0 Å². The van der Waals surface area contributed by atoms with Crippen molar-refractivity contribution in [3.63, 3.8) is 0 Å². The Bertz CT molecular complexity index is 4240. The van der Waals surface area contributed by atoms with Gasteiger partial charge in [-0.3, -0.25) is 0 Å². The lowest BCUT2D eigenvalue weighted by molar-refractivity contribution is 0.660. The van der Waals surface area contributed by atoms with Gasteiger partial charge in [-0.15, -0.1) is 0 Å². The molecule has 370 valence electrons. The summed E-state index contributed by atoms with van der Waals surface area (Å²) in [5.41, 5.74) is 24.1. The largest absolute Gasteiger partial charge is 0.310 e. The number of aromatic nitrogens is 1. The molecule has 1 aromatic heterocycles. The van der Waals surface area contributed by atoms with Crippen LogP contribution in [0.15, 0.2) is 297 Å². The standard InChI is InChI=1S/C76H56N2/c1-76(2)70-49-59(68-51-69-73(56-29-15-6-16-30-56)74(58-31-17-7-18-32-58)78(60-33-19-8-20-34-60)75(69)67-36-22-21-35-64(67)68)41-47-65(70)66-48-46-63(50-71(66)76)77(61-42-37-53(38-43-61)52-23-9-3-10-24-52)62-44-39-57(40-45-62)72(54-25-11-4-12-26-54)55-27-13-5-14-28-55/h3-51,72H,1-2H3.